The normalized spacial score (nSPS) is 11.3. The van der Waals surface area contributed by atoms with Crippen LogP contribution in [-0.4, -0.2) is 16.3 Å². The van der Waals surface area contributed by atoms with Gasteiger partial charge in [-0.3, -0.25) is 9.59 Å². The number of aromatic nitrogens is 1. The predicted molar refractivity (Wildman–Crippen MR) is 123 cm³/mol. The van der Waals surface area contributed by atoms with E-state index in [0.29, 0.717) is 16.9 Å². The number of aryl methyl sites for hydroxylation is 1. The molecular weight excluding hydrogens is 441 g/mol. The smallest absolute Gasteiger partial charge is 0.346 e. The van der Waals surface area contributed by atoms with E-state index in [0.717, 1.165) is 17.7 Å². The van der Waals surface area contributed by atoms with Crippen LogP contribution in [0.15, 0.2) is 91.1 Å². The predicted octanol–water partition coefficient (Wildman–Crippen LogP) is 5.97. The summed E-state index contributed by atoms with van der Waals surface area (Å²) < 4.78 is 42.0. The van der Waals surface area contributed by atoms with Crippen LogP contribution in [0.2, 0.25) is 0 Å². The molecule has 0 saturated heterocycles. The first-order valence-corrected chi connectivity index (χ1v) is 10.6. The van der Waals surface area contributed by atoms with Crippen molar-refractivity contribution in [1.82, 2.24) is 9.88 Å². The van der Waals surface area contributed by atoms with E-state index in [-0.39, 0.29) is 23.6 Å². The van der Waals surface area contributed by atoms with Crippen LogP contribution in [0.3, 0.4) is 0 Å². The summed E-state index contributed by atoms with van der Waals surface area (Å²) in [6, 6.07) is 21.8. The quantitative estimate of drug-likeness (QED) is 0.359. The third-order valence-corrected chi connectivity index (χ3v) is 5.54. The maximum atomic E-state index is 13.5. The highest BCUT2D eigenvalue weighted by Crippen LogP contribution is 2.33. The second-order valence-electron chi connectivity index (χ2n) is 7.79. The molecule has 4 aromatic rings. The lowest BCUT2D eigenvalue weighted by atomic mass is 9.99. The summed E-state index contributed by atoms with van der Waals surface area (Å²) in [7, 11) is 0. The fraction of sp³-hybridized carbons (Fsp3) is 0.111. The number of halogens is 3. The molecule has 4 rings (SSSR count). The van der Waals surface area contributed by atoms with E-state index in [1.807, 2.05) is 13.0 Å². The molecule has 0 aliphatic carbocycles. The van der Waals surface area contributed by atoms with Gasteiger partial charge in [0.25, 0.3) is 5.91 Å². The van der Waals surface area contributed by atoms with Gasteiger partial charge in [-0.25, -0.2) is 0 Å². The van der Waals surface area contributed by atoms with Crippen LogP contribution in [-0.2, 0) is 12.7 Å². The number of ketones is 1. The first-order valence-electron chi connectivity index (χ1n) is 10.6. The van der Waals surface area contributed by atoms with E-state index in [2.05, 4.69) is 5.32 Å². The third-order valence-electron chi connectivity index (χ3n) is 5.54. The van der Waals surface area contributed by atoms with Crippen molar-refractivity contribution in [2.75, 3.05) is 0 Å². The molecule has 7 heteroatoms. The number of hydrogen-bond acceptors (Lipinski definition) is 2. The van der Waals surface area contributed by atoms with E-state index in [1.54, 1.807) is 71.4 Å². The number of carbonyl (C=O) groups excluding carboxylic acids is 2. The first-order chi connectivity index (χ1) is 16.3. The van der Waals surface area contributed by atoms with Crippen LogP contribution in [0.25, 0.3) is 5.69 Å². The van der Waals surface area contributed by atoms with Gasteiger partial charge in [-0.15, -0.1) is 0 Å². The molecule has 0 spiro atoms. The molecule has 0 fully saturated rings. The second kappa shape index (κ2) is 9.39. The first kappa shape index (κ1) is 23.0. The maximum Gasteiger partial charge on any atom is 0.416 e. The van der Waals surface area contributed by atoms with E-state index in [9.17, 15) is 22.8 Å². The fourth-order valence-electron chi connectivity index (χ4n) is 3.72. The summed E-state index contributed by atoms with van der Waals surface area (Å²) in [5, 5.41) is 2.84. The molecule has 0 unspecified atom stereocenters. The highest BCUT2D eigenvalue weighted by molar-refractivity contribution is 6.11. The highest BCUT2D eigenvalue weighted by Gasteiger charge is 2.32. The number of carbonyl (C=O) groups is 2. The summed E-state index contributed by atoms with van der Waals surface area (Å²) in [4.78, 5) is 25.8. The molecule has 34 heavy (non-hydrogen) atoms. The van der Waals surface area contributed by atoms with Gasteiger partial charge in [0.05, 0.1) is 17.8 Å². The van der Waals surface area contributed by atoms with Crippen LogP contribution in [0, 0.1) is 6.92 Å². The van der Waals surface area contributed by atoms with Gasteiger partial charge in [-0.05, 0) is 48.9 Å². The Morgan fingerprint density at radius 1 is 0.853 bits per heavy atom. The SMILES string of the molecule is Cc1ccn(-c2ccc(C(F)(F)F)cc2C(=O)c2ccccc2)c1CNC(=O)c1ccccc1. The van der Waals surface area contributed by atoms with Crippen molar-refractivity contribution in [3.05, 3.63) is 125 Å². The molecule has 172 valence electrons. The van der Waals surface area contributed by atoms with E-state index in [1.165, 1.54) is 6.07 Å². The fourth-order valence-corrected chi connectivity index (χ4v) is 3.72. The van der Waals surface area contributed by atoms with Crippen molar-refractivity contribution in [1.29, 1.82) is 0 Å². The summed E-state index contributed by atoms with van der Waals surface area (Å²) in [5.74, 6) is -0.798. The maximum absolute atomic E-state index is 13.5. The Hall–Kier alpha value is -4.13. The number of hydrogen-bond donors (Lipinski definition) is 1. The Morgan fingerprint density at radius 3 is 2.09 bits per heavy atom. The highest BCUT2D eigenvalue weighted by atomic mass is 19.4. The van der Waals surface area contributed by atoms with E-state index >= 15 is 0 Å². The van der Waals surface area contributed by atoms with Gasteiger partial charge in [-0.2, -0.15) is 13.2 Å². The van der Waals surface area contributed by atoms with Crippen LogP contribution >= 0.6 is 0 Å². The zero-order valence-corrected chi connectivity index (χ0v) is 18.3. The molecule has 0 bridgehead atoms. The van der Waals surface area contributed by atoms with Crippen LogP contribution in [0.5, 0.6) is 0 Å². The minimum Gasteiger partial charge on any atom is -0.346 e. The minimum atomic E-state index is -4.59. The number of nitrogens with one attached hydrogen (secondary N) is 1. The number of amides is 1. The largest absolute Gasteiger partial charge is 0.416 e. The molecular formula is C27H21F3N2O2. The Balaban J connectivity index is 1.74. The average molecular weight is 462 g/mol. The average Bonchev–Trinajstić information content (AvgIpc) is 3.22. The summed E-state index contributed by atoms with van der Waals surface area (Å²) in [6.07, 6.45) is -2.91. The number of nitrogens with zero attached hydrogens (tertiary/aromatic N) is 1. The van der Waals surface area contributed by atoms with Crippen molar-refractivity contribution in [2.45, 2.75) is 19.6 Å². The van der Waals surface area contributed by atoms with Gasteiger partial charge >= 0.3 is 6.18 Å². The standard InChI is InChI=1S/C27H21F3N2O2/c1-18-14-15-32(24(18)17-31-26(34)20-10-6-3-7-11-20)23-13-12-21(27(28,29)30)16-22(23)25(33)19-8-4-2-5-9-19/h2-16H,17H2,1H3,(H,31,34). The molecule has 0 aliphatic heterocycles. The topological polar surface area (TPSA) is 51.1 Å². The molecule has 0 aliphatic rings. The van der Waals surface area contributed by atoms with Gasteiger partial charge < -0.3 is 9.88 Å². The molecule has 0 atom stereocenters. The Bertz CT molecular complexity index is 1330. The summed E-state index contributed by atoms with van der Waals surface area (Å²) in [5.41, 5.74) is 1.58. The lowest BCUT2D eigenvalue weighted by molar-refractivity contribution is -0.137. The van der Waals surface area contributed by atoms with Crippen LogP contribution in [0.1, 0.15) is 43.1 Å². The number of benzene rings is 3. The van der Waals surface area contributed by atoms with Gasteiger partial charge in [0, 0.05) is 28.6 Å². The van der Waals surface area contributed by atoms with Crippen molar-refractivity contribution < 1.29 is 22.8 Å². The molecule has 4 nitrogen and oxygen atoms in total. The van der Waals surface area contributed by atoms with Gasteiger partial charge in [0.2, 0.25) is 0 Å². The lowest BCUT2D eigenvalue weighted by Gasteiger charge is -2.17. The Kier molecular flexibility index (Phi) is 6.36. The lowest BCUT2D eigenvalue weighted by Crippen LogP contribution is -2.24. The second-order valence-corrected chi connectivity index (χ2v) is 7.79. The molecule has 1 heterocycles. The van der Waals surface area contributed by atoms with Gasteiger partial charge in [0.1, 0.15) is 0 Å². The Morgan fingerprint density at radius 2 is 1.47 bits per heavy atom. The van der Waals surface area contributed by atoms with Crippen molar-refractivity contribution in [2.24, 2.45) is 0 Å². The van der Waals surface area contributed by atoms with Gasteiger partial charge in [0.15, 0.2) is 5.78 Å². The monoisotopic (exact) mass is 462 g/mol. The van der Waals surface area contributed by atoms with Crippen molar-refractivity contribution >= 4 is 11.7 Å². The molecule has 1 aromatic heterocycles. The summed E-state index contributed by atoms with van der Waals surface area (Å²) >= 11 is 0. The Labute approximate surface area is 194 Å². The number of alkyl halides is 3. The molecule has 0 saturated carbocycles. The zero-order chi connectivity index (χ0) is 24.3. The minimum absolute atomic E-state index is 0.0766. The van der Waals surface area contributed by atoms with E-state index < -0.39 is 17.5 Å². The molecule has 3 aromatic carbocycles. The summed E-state index contributed by atoms with van der Waals surface area (Å²) in [6.45, 7) is 1.97. The van der Waals surface area contributed by atoms with Crippen molar-refractivity contribution in [3.8, 4) is 5.69 Å². The van der Waals surface area contributed by atoms with Crippen molar-refractivity contribution in [3.63, 3.8) is 0 Å². The van der Waals surface area contributed by atoms with Gasteiger partial charge in [-0.1, -0.05) is 48.5 Å². The van der Waals surface area contributed by atoms with E-state index in [4.69, 9.17) is 0 Å². The third kappa shape index (κ3) is 4.78. The molecule has 1 N–H and O–H groups in total. The van der Waals surface area contributed by atoms with Crippen LogP contribution < -0.4 is 5.32 Å². The van der Waals surface area contributed by atoms with Crippen LogP contribution in [0.4, 0.5) is 13.2 Å². The molecule has 0 radical (unpaired) electrons. The number of rotatable bonds is 6. The molecule has 1 amide bonds. The zero-order valence-electron chi connectivity index (χ0n) is 18.3.